The molecule has 21 heavy (non-hydrogen) atoms. The van der Waals surface area contributed by atoms with E-state index in [-0.39, 0.29) is 0 Å². The molecule has 7 heteroatoms. The number of carbonyl (C=O) groups is 2. The Bertz CT molecular complexity index is 638. The lowest BCUT2D eigenvalue weighted by atomic mass is 10.2. The number of pyridine rings is 2. The van der Waals surface area contributed by atoms with Crippen LogP contribution in [0, 0.1) is 0 Å². The highest BCUT2D eigenvalue weighted by atomic mass is 16.5. The van der Waals surface area contributed by atoms with Gasteiger partial charge in [0, 0.05) is 12.4 Å². The molecule has 1 amide bonds. The van der Waals surface area contributed by atoms with Crippen LogP contribution >= 0.6 is 0 Å². The van der Waals surface area contributed by atoms with Crippen LogP contribution in [-0.2, 0) is 4.74 Å². The summed E-state index contributed by atoms with van der Waals surface area (Å²) in [7, 11) is 0. The van der Waals surface area contributed by atoms with Crippen molar-refractivity contribution in [2.75, 3.05) is 6.61 Å². The molecule has 7 nitrogen and oxygen atoms in total. The average Bonchev–Trinajstić information content (AvgIpc) is 2.54. The van der Waals surface area contributed by atoms with Gasteiger partial charge in [0.2, 0.25) is 0 Å². The second kappa shape index (κ2) is 6.58. The topological polar surface area (TPSA) is 107 Å². The number of hydrogen-bond donors (Lipinski definition) is 2. The van der Waals surface area contributed by atoms with Crippen LogP contribution in [0.5, 0.6) is 0 Å². The molecule has 0 unspecified atom stereocenters. The molecular formula is C14H14N4O3. The number of nitrogens with one attached hydrogen (secondary N) is 1. The van der Waals surface area contributed by atoms with E-state index < -0.39 is 11.9 Å². The summed E-state index contributed by atoms with van der Waals surface area (Å²) in [5.74, 6) is 4.21. The summed E-state index contributed by atoms with van der Waals surface area (Å²) in [4.78, 5) is 31.1. The highest BCUT2D eigenvalue weighted by Crippen LogP contribution is 2.15. The Kier molecular flexibility index (Phi) is 4.57. The Labute approximate surface area is 121 Å². The summed E-state index contributed by atoms with van der Waals surface area (Å²) < 4.78 is 4.88. The lowest BCUT2D eigenvalue weighted by Gasteiger charge is -2.04. The van der Waals surface area contributed by atoms with Crippen molar-refractivity contribution in [1.82, 2.24) is 15.4 Å². The van der Waals surface area contributed by atoms with Gasteiger partial charge in [-0.1, -0.05) is 0 Å². The third-order valence-corrected chi connectivity index (χ3v) is 2.69. The zero-order valence-electron chi connectivity index (χ0n) is 11.4. The minimum atomic E-state index is -0.417. The van der Waals surface area contributed by atoms with Crippen LogP contribution in [-0.4, -0.2) is 28.5 Å². The molecule has 108 valence electrons. The smallest absolute Gasteiger partial charge is 0.339 e. The van der Waals surface area contributed by atoms with Gasteiger partial charge in [0.1, 0.15) is 0 Å². The molecule has 3 N–H and O–H groups in total. The quantitative estimate of drug-likeness (QED) is 0.374. The summed E-state index contributed by atoms with van der Waals surface area (Å²) in [6.07, 6.45) is 2.83. The Morgan fingerprint density at radius 2 is 1.67 bits per heavy atom. The number of nitrogens with two attached hydrogens (primary N) is 1. The van der Waals surface area contributed by atoms with Crippen molar-refractivity contribution in [2.45, 2.75) is 6.92 Å². The number of rotatable bonds is 4. The van der Waals surface area contributed by atoms with Gasteiger partial charge in [0.25, 0.3) is 5.91 Å². The Balaban J connectivity index is 2.19. The van der Waals surface area contributed by atoms with E-state index in [1.165, 1.54) is 12.4 Å². The molecule has 0 aliphatic rings. The minimum absolute atomic E-state index is 0.312. The summed E-state index contributed by atoms with van der Waals surface area (Å²) in [6.45, 7) is 2.05. The van der Waals surface area contributed by atoms with Crippen molar-refractivity contribution in [3.8, 4) is 11.4 Å². The van der Waals surface area contributed by atoms with E-state index in [1.54, 1.807) is 31.2 Å². The van der Waals surface area contributed by atoms with E-state index >= 15 is 0 Å². The fourth-order valence-electron chi connectivity index (χ4n) is 1.64. The number of ether oxygens (including phenoxy) is 1. The monoisotopic (exact) mass is 286 g/mol. The molecule has 0 bridgehead atoms. The van der Waals surface area contributed by atoms with E-state index in [0.29, 0.717) is 29.1 Å². The van der Waals surface area contributed by atoms with Gasteiger partial charge in [-0.15, -0.1) is 0 Å². The lowest BCUT2D eigenvalue weighted by Crippen LogP contribution is -2.30. The second-order valence-corrected chi connectivity index (χ2v) is 4.06. The highest BCUT2D eigenvalue weighted by molar-refractivity contribution is 5.93. The largest absolute Gasteiger partial charge is 0.462 e. The maximum absolute atomic E-state index is 11.5. The maximum Gasteiger partial charge on any atom is 0.339 e. The fourth-order valence-corrected chi connectivity index (χ4v) is 1.64. The van der Waals surface area contributed by atoms with E-state index in [1.807, 2.05) is 5.43 Å². The molecule has 0 saturated heterocycles. The predicted molar refractivity (Wildman–Crippen MR) is 75.1 cm³/mol. The van der Waals surface area contributed by atoms with Crippen LogP contribution < -0.4 is 11.3 Å². The van der Waals surface area contributed by atoms with Gasteiger partial charge in [-0.3, -0.25) is 20.2 Å². The normalized spacial score (nSPS) is 10.0. The third kappa shape index (κ3) is 3.40. The average molecular weight is 286 g/mol. The van der Waals surface area contributed by atoms with Crippen molar-refractivity contribution in [1.29, 1.82) is 0 Å². The number of amides is 1. The zero-order chi connectivity index (χ0) is 15.2. The number of esters is 1. The van der Waals surface area contributed by atoms with Crippen LogP contribution in [0.1, 0.15) is 27.6 Å². The summed E-state index contributed by atoms with van der Waals surface area (Å²) in [5, 5.41) is 0. The van der Waals surface area contributed by atoms with Crippen LogP contribution in [0.2, 0.25) is 0 Å². The van der Waals surface area contributed by atoms with Gasteiger partial charge in [-0.2, -0.15) is 0 Å². The van der Waals surface area contributed by atoms with Crippen molar-refractivity contribution < 1.29 is 14.3 Å². The van der Waals surface area contributed by atoms with E-state index in [2.05, 4.69) is 9.97 Å². The van der Waals surface area contributed by atoms with Gasteiger partial charge < -0.3 is 4.74 Å². The highest BCUT2D eigenvalue weighted by Gasteiger charge is 2.09. The summed E-state index contributed by atoms with van der Waals surface area (Å²) in [5.41, 5.74) is 3.92. The van der Waals surface area contributed by atoms with Gasteiger partial charge in [-0.05, 0) is 31.2 Å². The molecule has 0 aromatic carbocycles. The SMILES string of the molecule is CCOC(=O)c1ccc(-c2ccc(C(=O)NN)cn2)nc1. The number of nitrogen functional groups attached to an aromatic ring is 1. The second-order valence-electron chi connectivity index (χ2n) is 4.06. The Morgan fingerprint density at radius 3 is 2.10 bits per heavy atom. The molecule has 0 aliphatic carbocycles. The van der Waals surface area contributed by atoms with E-state index in [9.17, 15) is 9.59 Å². The van der Waals surface area contributed by atoms with Crippen LogP contribution in [0.4, 0.5) is 0 Å². The van der Waals surface area contributed by atoms with Gasteiger partial charge >= 0.3 is 5.97 Å². The van der Waals surface area contributed by atoms with Gasteiger partial charge in [0.15, 0.2) is 0 Å². The standard InChI is InChI=1S/C14H14N4O3/c1-2-21-14(20)10-4-6-12(17-8-10)11-5-3-9(7-16-11)13(19)18-15/h3-8H,2,15H2,1H3,(H,18,19). The Morgan fingerprint density at radius 1 is 1.10 bits per heavy atom. The third-order valence-electron chi connectivity index (χ3n) is 2.69. The summed E-state index contributed by atoms with van der Waals surface area (Å²) >= 11 is 0. The predicted octanol–water partition coefficient (Wildman–Crippen LogP) is 0.924. The molecule has 2 rings (SSSR count). The molecule has 2 aromatic heterocycles. The van der Waals surface area contributed by atoms with Crippen LogP contribution in [0.25, 0.3) is 11.4 Å². The van der Waals surface area contributed by atoms with Crippen molar-refractivity contribution in [2.24, 2.45) is 5.84 Å². The number of hydrogen-bond acceptors (Lipinski definition) is 6. The molecule has 2 aromatic rings. The van der Waals surface area contributed by atoms with Gasteiger partial charge in [0.05, 0.1) is 29.1 Å². The Hall–Kier alpha value is -2.80. The molecule has 0 atom stereocenters. The van der Waals surface area contributed by atoms with Crippen molar-refractivity contribution >= 4 is 11.9 Å². The first kappa shape index (κ1) is 14.6. The van der Waals surface area contributed by atoms with E-state index in [0.717, 1.165) is 0 Å². The van der Waals surface area contributed by atoms with Gasteiger partial charge in [-0.25, -0.2) is 10.6 Å². The van der Waals surface area contributed by atoms with Crippen LogP contribution in [0.15, 0.2) is 36.7 Å². The molecule has 2 heterocycles. The molecule has 0 radical (unpaired) electrons. The van der Waals surface area contributed by atoms with E-state index in [4.69, 9.17) is 10.6 Å². The summed E-state index contributed by atoms with van der Waals surface area (Å²) in [6, 6.07) is 6.52. The first-order valence-electron chi connectivity index (χ1n) is 6.26. The van der Waals surface area contributed by atoms with Crippen LogP contribution in [0.3, 0.4) is 0 Å². The van der Waals surface area contributed by atoms with Crippen molar-refractivity contribution in [3.05, 3.63) is 47.8 Å². The molecule has 0 aliphatic heterocycles. The molecule has 0 spiro atoms. The molecule has 0 fully saturated rings. The molecular weight excluding hydrogens is 272 g/mol. The lowest BCUT2D eigenvalue weighted by molar-refractivity contribution is 0.0525. The molecule has 0 saturated carbocycles. The maximum atomic E-state index is 11.5. The zero-order valence-corrected chi connectivity index (χ0v) is 11.4. The first-order valence-corrected chi connectivity index (χ1v) is 6.26. The number of aromatic nitrogens is 2. The number of carbonyl (C=O) groups excluding carboxylic acids is 2. The number of nitrogens with zero attached hydrogens (tertiary/aromatic N) is 2. The fraction of sp³-hybridized carbons (Fsp3) is 0.143. The van der Waals surface area contributed by atoms with Crippen molar-refractivity contribution in [3.63, 3.8) is 0 Å². The first-order chi connectivity index (χ1) is 10.2. The minimum Gasteiger partial charge on any atom is -0.462 e. The number of hydrazine groups is 1.